The molecule has 0 heterocycles. The number of benzene rings is 2. The molecule has 2 aromatic rings. The molecular formula is C23H24O3. The van der Waals surface area contributed by atoms with Crippen molar-refractivity contribution in [1.82, 2.24) is 0 Å². The fraction of sp³-hybridized carbons (Fsp3) is 0.304. The highest BCUT2D eigenvalue weighted by Gasteiger charge is 2.52. The quantitative estimate of drug-likeness (QED) is 0.445. The minimum absolute atomic E-state index is 0.122. The van der Waals surface area contributed by atoms with E-state index in [1.165, 1.54) is 0 Å². The number of rotatable bonds is 5. The molecule has 3 nitrogen and oxygen atoms in total. The van der Waals surface area contributed by atoms with Crippen molar-refractivity contribution < 1.29 is 14.3 Å². The number of aryl methyl sites for hydroxylation is 1. The lowest BCUT2D eigenvalue weighted by atomic mass is 9.63. The highest BCUT2D eigenvalue weighted by molar-refractivity contribution is 6.14. The standard InChI is InChI=1S/C23H24O3/c1-3-9-17(2)23(22(25)26-16-18-10-5-4-6-11-18)15-14-19-12-7-8-13-20(19)21(23)24/h3-13,17H,14-16H2,1-2H3/b9-3-/t17-,23+/m1/s1. The summed E-state index contributed by atoms with van der Waals surface area (Å²) in [6.45, 7) is 4.01. The van der Waals surface area contributed by atoms with Gasteiger partial charge >= 0.3 is 5.97 Å². The monoisotopic (exact) mass is 348 g/mol. The maximum Gasteiger partial charge on any atom is 0.320 e. The number of ether oxygens (including phenoxy) is 1. The van der Waals surface area contributed by atoms with Crippen LogP contribution in [0.3, 0.4) is 0 Å². The Bertz CT molecular complexity index is 822. The lowest BCUT2D eigenvalue weighted by Crippen LogP contribution is -2.48. The zero-order valence-electron chi connectivity index (χ0n) is 15.3. The molecule has 0 fully saturated rings. The van der Waals surface area contributed by atoms with E-state index in [9.17, 15) is 9.59 Å². The molecule has 0 N–H and O–H groups in total. The fourth-order valence-corrected chi connectivity index (χ4v) is 3.77. The van der Waals surface area contributed by atoms with Crippen LogP contribution in [0.5, 0.6) is 0 Å². The average Bonchev–Trinajstić information content (AvgIpc) is 2.68. The second-order valence-corrected chi connectivity index (χ2v) is 6.83. The summed E-state index contributed by atoms with van der Waals surface area (Å²) < 4.78 is 5.63. The van der Waals surface area contributed by atoms with Gasteiger partial charge < -0.3 is 4.74 Å². The van der Waals surface area contributed by atoms with Crippen LogP contribution in [0.15, 0.2) is 66.7 Å². The Morgan fingerprint density at radius 3 is 2.58 bits per heavy atom. The number of carbonyl (C=O) groups is 2. The Kier molecular flexibility index (Phi) is 5.36. The second-order valence-electron chi connectivity index (χ2n) is 6.83. The molecule has 0 saturated heterocycles. The molecule has 0 saturated carbocycles. The van der Waals surface area contributed by atoms with Crippen molar-refractivity contribution in [1.29, 1.82) is 0 Å². The van der Waals surface area contributed by atoms with Gasteiger partial charge in [-0.1, -0.05) is 73.7 Å². The van der Waals surface area contributed by atoms with Gasteiger partial charge in [0, 0.05) is 5.56 Å². The predicted octanol–water partition coefficient (Wildman–Crippen LogP) is 4.76. The number of carbonyl (C=O) groups excluding carboxylic acids is 2. The number of fused-ring (bicyclic) bond motifs is 1. The number of hydrogen-bond acceptors (Lipinski definition) is 3. The molecule has 26 heavy (non-hydrogen) atoms. The molecule has 0 amide bonds. The van der Waals surface area contributed by atoms with E-state index in [1.54, 1.807) is 0 Å². The molecule has 134 valence electrons. The van der Waals surface area contributed by atoms with E-state index in [0.717, 1.165) is 11.1 Å². The summed E-state index contributed by atoms with van der Waals surface area (Å²) in [6, 6.07) is 17.1. The van der Waals surface area contributed by atoms with Gasteiger partial charge in [-0.25, -0.2) is 0 Å². The van der Waals surface area contributed by atoms with Gasteiger partial charge in [-0.15, -0.1) is 0 Å². The van der Waals surface area contributed by atoms with Crippen molar-refractivity contribution in [3.05, 3.63) is 83.4 Å². The van der Waals surface area contributed by atoms with Gasteiger partial charge in [0.05, 0.1) is 0 Å². The molecule has 3 rings (SSSR count). The average molecular weight is 348 g/mol. The maximum absolute atomic E-state index is 13.4. The molecule has 0 bridgehead atoms. The normalized spacial score (nSPS) is 20.6. The molecule has 3 heteroatoms. The van der Waals surface area contributed by atoms with Crippen molar-refractivity contribution in [3.63, 3.8) is 0 Å². The van der Waals surface area contributed by atoms with Crippen molar-refractivity contribution in [2.24, 2.45) is 11.3 Å². The van der Waals surface area contributed by atoms with Gasteiger partial charge in [0.25, 0.3) is 0 Å². The van der Waals surface area contributed by atoms with Crippen molar-refractivity contribution in [2.75, 3.05) is 0 Å². The van der Waals surface area contributed by atoms with Crippen LogP contribution in [0, 0.1) is 11.3 Å². The smallest absolute Gasteiger partial charge is 0.320 e. The van der Waals surface area contributed by atoms with E-state index in [2.05, 4.69) is 0 Å². The lowest BCUT2D eigenvalue weighted by molar-refractivity contribution is -0.156. The summed E-state index contributed by atoms with van der Waals surface area (Å²) >= 11 is 0. The van der Waals surface area contributed by atoms with E-state index in [-0.39, 0.29) is 18.3 Å². The first-order valence-corrected chi connectivity index (χ1v) is 9.06. The largest absolute Gasteiger partial charge is 0.460 e. The molecule has 1 aliphatic carbocycles. The Morgan fingerprint density at radius 2 is 1.85 bits per heavy atom. The number of ketones is 1. The highest BCUT2D eigenvalue weighted by Crippen LogP contribution is 2.43. The Hall–Kier alpha value is -2.68. The third-order valence-corrected chi connectivity index (χ3v) is 5.29. The number of allylic oxidation sites excluding steroid dienone is 2. The molecular weight excluding hydrogens is 324 g/mol. The van der Waals surface area contributed by atoms with Gasteiger partial charge in [0.2, 0.25) is 0 Å². The van der Waals surface area contributed by atoms with Gasteiger partial charge in [-0.2, -0.15) is 0 Å². The fourth-order valence-electron chi connectivity index (χ4n) is 3.77. The summed E-state index contributed by atoms with van der Waals surface area (Å²) in [7, 11) is 0. The molecule has 0 radical (unpaired) electrons. The van der Waals surface area contributed by atoms with E-state index < -0.39 is 11.4 Å². The topological polar surface area (TPSA) is 43.4 Å². The van der Waals surface area contributed by atoms with Crippen LogP contribution in [0.25, 0.3) is 0 Å². The van der Waals surface area contributed by atoms with Crippen molar-refractivity contribution in [3.8, 4) is 0 Å². The van der Waals surface area contributed by atoms with E-state index in [0.29, 0.717) is 18.4 Å². The first-order valence-electron chi connectivity index (χ1n) is 9.06. The van der Waals surface area contributed by atoms with Gasteiger partial charge in [-0.3, -0.25) is 9.59 Å². The third-order valence-electron chi connectivity index (χ3n) is 5.29. The van der Waals surface area contributed by atoms with Gasteiger partial charge in [0.1, 0.15) is 12.0 Å². The summed E-state index contributed by atoms with van der Waals surface area (Å²) in [4.78, 5) is 26.5. The first kappa shape index (κ1) is 18.1. The van der Waals surface area contributed by atoms with Gasteiger partial charge in [-0.05, 0) is 36.8 Å². The van der Waals surface area contributed by atoms with E-state index in [1.807, 2.05) is 80.6 Å². The molecule has 1 aliphatic rings. The molecule has 0 aliphatic heterocycles. The molecule has 0 unspecified atom stereocenters. The molecule has 0 spiro atoms. The zero-order chi connectivity index (χ0) is 18.6. The van der Waals surface area contributed by atoms with E-state index in [4.69, 9.17) is 4.74 Å². The Balaban J connectivity index is 1.93. The van der Waals surface area contributed by atoms with Crippen molar-refractivity contribution in [2.45, 2.75) is 33.3 Å². The second kappa shape index (κ2) is 7.69. The molecule has 2 aromatic carbocycles. The Morgan fingerprint density at radius 1 is 1.15 bits per heavy atom. The third kappa shape index (κ3) is 3.22. The number of Topliss-reactive ketones (excluding diaryl/α,β-unsaturated/α-hetero) is 1. The van der Waals surface area contributed by atoms with Crippen LogP contribution in [-0.2, 0) is 22.6 Å². The maximum atomic E-state index is 13.4. The minimum atomic E-state index is -1.16. The highest BCUT2D eigenvalue weighted by atomic mass is 16.5. The Labute approximate surface area is 154 Å². The molecule has 0 aromatic heterocycles. The summed E-state index contributed by atoms with van der Waals surface area (Å²) in [5.41, 5.74) is 1.41. The van der Waals surface area contributed by atoms with Crippen LogP contribution < -0.4 is 0 Å². The molecule has 2 atom stereocenters. The van der Waals surface area contributed by atoms with Crippen LogP contribution in [0.1, 0.15) is 41.8 Å². The first-order chi connectivity index (χ1) is 12.6. The van der Waals surface area contributed by atoms with Crippen LogP contribution in [0.4, 0.5) is 0 Å². The van der Waals surface area contributed by atoms with Crippen LogP contribution >= 0.6 is 0 Å². The number of hydrogen-bond donors (Lipinski definition) is 0. The summed E-state index contributed by atoms with van der Waals surface area (Å²) in [5, 5.41) is 0. The zero-order valence-corrected chi connectivity index (χ0v) is 15.3. The van der Waals surface area contributed by atoms with Crippen LogP contribution in [-0.4, -0.2) is 11.8 Å². The number of esters is 1. The van der Waals surface area contributed by atoms with E-state index >= 15 is 0 Å². The summed E-state index contributed by atoms with van der Waals surface area (Å²) in [6.07, 6.45) is 4.99. The SMILES string of the molecule is C/C=C\[C@@H](C)[C@@]1(C(=O)OCc2ccccc2)CCc2ccccc2C1=O. The predicted molar refractivity (Wildman–Crippen MR) is 102 cm³/mol. The minimum Gasteiger partial charge on any atom is -0.460 e. The lowest BCUT2D eigenvalue weighted by Gasteiger charge is -2.38. The summed E-state index contributed by atoms with van der Waals surface area (Å²) in [5.74, 6) is -0.772. The van der Waals surface area contributed by atoms with Crippen LogP contribution in [0.2, 0.25) is 0 Å². The van der Waals surface area contributed by atoms with Gasteiger partial charge in [0.15, 0.2) is 5.78 Å². The van der Waals surface area contributed by atoms with Crippen molar-refractivity contribution >= 4 is 11.8 Å².